The lowest BCUT2D eigenvalue weighted by Gasteiger charge is -2.61. The van der Waals surface area contributed by atoms with Crippen molar-refractivity contribution in [2.75, 3.05) is 6.61 Å². The van der Waals surface area contributed by atoms with E-state index in [2.05, 4.69) is 10.3 Å². The van der Waals surface area contributed by atoms with E-state index in [9.17, 15) is 26.4 Å². The number of amides is 1. The van der Waals surface area contributed by atoms with Crippen molar-refractivity contribution >= 4 is 27.5 Å². The minimum atomic E-state index is -5.47. The molecule has 4 rings (SSSR count). The van der Waals surface area contributed by atoms with E-state index in [0.717, 1.165) is 19.3 Å². The first kappa shape index (κ1) is 20.2. The van der Waals surface area contributed by atoms with Crippen molar-refractivity contribution in [3.63, 3.8) is 0 Å². The Balaban J connectivity index is 1.59. The Morgan fingerprint density at radius 3 is 2.59 bits per heavy atom. The third-order valence-corrected chi connectivity index (χ3v) is 6.26. The number of halogens is 4. The molecule has 0 aliphatic heterocycles. The Morgan fingerprint density at radius 1 is 1.44 bits per heavy atom. The Kier molecular flexibility index (Phi) is 5.06. The van der Waals surface area contributed by atoms with Crippen molar-refractivity contribution in [2.24, 2.45) is 5.92 Å². The molecule has 0 radical (unpaired) electrons. The molecular formula is C15H17ClF3N3O4S. The average Bonchev–Trinajstić information content (AvgIpc) is 2.47. The van der Waals surface area contributed by atoms with Crippen LogP contribution in [0.15, 0.2) is 12.3 Å². The molecule has 3 fully saturated rings. The van der Waals surface area contributed by atoms with Gasteiger partial charge in [-0.2, -0.15) is 13.2 Å². The van der Waals surface area contributed by atoms with Gasteiger partial charge in [-0.25, -0.2) is 18.1 Å². The molecule has 3 aliphatic carbocycles. The second-order valence-corrected chi connectivity index (χ2v) is 9.06. The first-order valence-corrected chi connectivity index (χ1v) is 9.96. The number of nitrogens with one attached hydrogen (secondary N) is 2. The number of aromatic nitrogens is 1. The molecule has 0 spiro atoms. The van der Waals surface area contributed by atoms with Crippen LogP contribution >= 0.6 is 11.6 Å². The minimum Gasteiger partial charge on any atom is -0.490 e. The summed E-state index contributed by atoms with van der Waals surface area (Å²) in [4.78, 5) is 16.2. The molecule has 1 amide bonds. The Morgan fingerprint density at radius 2 is 2.07 bits per heavy atom. The highest BCUT2D eigenvalue weighted by atomic mass is 35.5. The summed E-state index contributed by atoms with van der Waals surface area (Å²) in [5.74, 6) is 0.359. The Hall–Kier alpha value is -1.59. The van der Waals surface area contributed by atoms with Crippen LogP contribution in [-0.2, 0) is 10.0 Å². The summed E-state index contributed by atoms with van der Waals surface area (Å²) in [6.07, 6.45) is 4.02. The fraction of sp³-hybridized carbons (Fsp3) is 0.600. The molecule has 0 unspecified atom stereocenters. The van der Waals surface area contributed by atoms with Crippen molar-refractivity contribution in [3.05, 3.63) is 23.0 Å². The summed E-state index contributed by atoms with van der Waals surface area (Å²) < 4.78 is 65.9. The van der Waals surface area contributed by atoms with Crippen LogP contribution in [0.3, 0.4) is 0 Å². The molecule has 27 heavy (non-hydrogen) atoms. The molecule has 3 saturated carbocycles. The molecule has 150 valence electrons. The zero-order valence-corrected chi connectivity index (χ0v) is 15.7. The van der Waals surface area contributed by atoms with E-state index in [-0.39, 0.29) is 22.0 Å². The fourth-order valence-corrected chi connectivity index (χ4v) is 4.11. The van der Waals surface area contributed by atoms with Crippen LogP contribution in [0.1, 0.15) is 36.5 Å². The van der Waals surface area contributed by atoms with E-state index >= 15 is 0 Å². The molecule has 1 aromatic rings. The van der Waals surface area contributed by atoms with E-state index in [1.54, 1.807) is 0 Å². The topological polar surface area (TPSA) is 97.4 Å². The third kappa shape index (κ3) is 4.14. The monoisotopic (exact) mass is 427 g/mol. The zero-order chi connectivity index (χ0) is 20.0. The van der Waals surface area contributed by atoms with Gasteiger partial charge in [0.25, 0.3) is 5.91 Å². The molecular weight excluding hydrogens is 411 g/mol. The molecule has 7 nitrogen and oxygen atoms in total. The number of pyridine rings is 1. The molecule has 1 atom stereocenters. The van der Waals surface area contributed by atoms with E-state index in [4.69, 9.17) is 16.3 Å². The van der Waals surface area contributed by atoms with E-state index in [1.807, 2.05) is 0 Å². The summed E-state index contributed by atoms with van der Waals surface area (Å²) >= 11 is 5.95. The standard InChI is InChI=1S/C15H17ClF3N3O4S/c1-8(22-27(24,25)15(17,18)19)7-26-10-2-11(12(16)20-6-10)13(23)21-14-3-9(4-14)5-14/h2,6,8-9,22H,3-5,7H2,1H3,(H,21,23)/t8-,9?,14?/m0/s1. The first-order chi connectivity index (χ1) is 12.4. The van der Waals surface area contributed by atoms with Gasteiger partial charge >= 0.3 is 15.5 Å². The lowest BCUT2D eigenvalue weighted by Crippen LogP contribution is -2.68. The first-order valence-electron chi connectivity index (χ1n) is 8.10. The second-order valence-electron chi connectivity index (χ2n) is 7.00. The lowest BCUT2D eigenvalue weighted by atomic mass is 9.50. The van der Waals surface area contributed by atoms with Gasteiger partial charge in [0.2, 0.25) is 0 Å². The number of nitrogens with zero attached hydrogens (tertiary/aromatic N) is 1. The predicted octanol–water partition coefficient (Wildman–Crippen LogP) is 2.22. The molecule has 1 heterocycles. The van der Waals surface area contributed by atoms with Crippen LogP contribution in [0, 0.1) is 5.92 Å². The molecule has 12 heteroatoms. The van der Waals surface area contributed by atoms with Gasteiger partial charge in [-0.05, 0) is 38.2 Å². The van der Waals surface area contributed by atoms with Gasteiger partial charge in [-0.1, -0.05) is 11.6 Å². The van der Waals surface area contributed by atoms with Gasteiger partial charge in [0.15, 0.2) is 0 Å². The highest BCUT2D eigenvalue weighted by Gasteiger charge is 2.57. The lowest BCUT2D eigenvalue weighted by molar-refractivity contribution is -0.0453. The van der Waals surface area contributed by atoms with Gasteiger partial charge < -0.3 is 10.1 Å². The Bertz CT molecular complexity index is 845. The predicted molar refractivity (Wildman–Crippen MR) is 89.9 cm³/mol. The highest BCUT2D eigenvalue weighted by Crippen LogP contribution is 2.57. The number of rotatable bonds is 7. The number of hydrogen-bond acceptors (Lipinski definition) is 5. The molecule has 3 aliphatic rings. The number of hydrogen-bond donors (Lipinski definition) is 2. The van der Waals surface area contributed by atoms with Crippen molar-refractivity contribution in [2.45, 2.75) is 43.3 Å². The van der Waals surface area contributed by atoms with Crippen LogP contribution in [0.5, 0.6) is 5.75 Å². The fourth-order valence-electron chi connectivity index (χ4n) is 3.19. The molecule has 2 bridgehead atoms. The summed E-state index contributed by atoms with van der Waals surface area (Å²) in [7, 11) is -5.47. The third-order valence-electron chi connectivity index (χ3n) is 4.64. The van der Waals surface area contributed by atoms with Gasteiger partial charge in [0.05, 0.1) is 17.8 Å². The summed E-state index contributed by atoms with van der Waals surface area (Å²) in [5, 5.41) is 2.89. The van der Waals surface area contributed by atoms with Crippen molar-refractivity contribution in [1.29, 1.82) is 0 Å². The van der Waals surface area contributed by atoms with Crippen LogP contribution < -0.4 is 14.8 Å². The highest BCUT2D eigenvalue weighted by molar-refractivity contribution is 7.90. The van der Waals surface area contributed by atoms with Crippen LogP contribution in [0.25, 0.3) is 0 Å². The summed E-state index contributed by atoms with van der Waals surface area (Å²) in [6, 6.07) is 0.159. The van der Waals surface area contributed by atoms with E-state index in [1.165, 1.54) is 23.9 Å². The maximum atomic E-state index is 12.4. The maximum Gasteiger partial charge on any atom is 0.511 e. The zero-order valence-electron chi connectivity index (χ0n) is 14.1. The molecule has 0 aromatic carbocycles. The van der Waals surface area contributed by atoms with Crippen LogP contribution in [0.2, 0.25) is 5.15 Å². The average molecular weight is 428 g/mol. The summed E-state index contributed by atoms with van der Waals surface area (Å²) in [6.45, 7) is 0.814. The molecule has 2 N–H and O–H groups in total. The quantitative estimate of drug-likeness (QED) is 0.650. The molecule has 0 saturated heterocycles. The molecule has 1 aromatic heterocycles. The number of carbonyl (C=O) groups excluding carboxylic acids is 1. The van der Waals surface area contributed by atoms with Gasteiger partial charge in [-0.3, -0.25) is 4.79 Å². The number of carbonyl (C=O) groups is 1. The SMILES string of the molecule is C[C@@H](COc1cnc(Cl)c(C(=O)NC23CC(C2)C3)c1)NS(=O)(=O)C(F)(F)F. The Labute approximate surface area is 158 Å². The summed E-state index contributed by atoms with van der Waals surface area (Å²) in [5.41, 5.74) is -5.48. The normalized spacial score (nSPS) is 25.1. The van der Waals surface area contributed by atoms with Crippen LogP contribution in [-0.4, -0.2) is 43.0 Å². The number of alkyl halides is 3. The minimum absolute atomic E-state index is 0.0303. The van der Waals surface area contributed by atoms with Crippen molar-refractivity contribution < 1.29 is 31.1 Å². The van der Waals surface area contributed by atoms with Gasteiger partial charge in [-0.15, -0.1) is 0 Å². The van der Waals surface area contributed by atoms with Gasteiger partial charge in [0.1, 0.15) is 17.5 Å². The van der Waals surface area contributed by atoms with E-state index < -0.39 is 34.1 Å². The second kappa shape index (κ2) is 6.78. The number of ether oxygens (including phenoxy) is 1. The van der Waals surface area contributed by atoms with E-state index in [0.29, 0.717) is 5.92 Å². The van der Waals surface area contributed by atoms with Crippen molar-refractivity contribution in [1.82, 2.24) is 15.0 Å². The maximum absolute atomic E-state index is 12.4. The van der Waals surface area contributed by atoms with Crippen LogP contribution in [0.4, 0.5) is 13.2 Å². The smallest absolute Gasteiger partial charge is 0.490 e. The van der Waals surface area contributed by atoms with Gasteiger partial charge in [0, 0.05) is 5.54 Å². The van der Waals surface area contributed by atoms with Crippen molar-refractivity contribution in [3.8, 4) is 5.75 Å². The number of sulfonamides is 1. The largest absolute Gasteiger partial charge is 0.511 e.